The van der Waals surface area contributed by atoms with E-state index in [-0.39, 0.29) is 23.8 Å². The zero-order chi connectivity index (χ0) is 15.3. The van der Waals surface area contributed by atoms with Crippen LogP contribution in [0.15, 0.2) is 0 Å². The number of carboxylic acids is 1. The molecule has 1 aromatic heterocycles. The minimum atomic E-state index is -1.20. The summed E-state index contributed by atoms with van der Waals surface area (Å²) in [4.78, 5) is 22.9. The lowest BCUT2D eigenvalue weighted by Gasteiger charge is -2.15. The molecule has 1 heterocycles. The van der Waals surface area contributed by atoms with E-state index in [1.165, 1.54) is 4.68 Å². The summed E-state index contributed by atoms with van der Waals surface area (Å²) in [7, 11) is 0. The van der Waals surface area contributed by atoms with E-state index >= 15 is 0 Å². The minimum Gasteiger partial charge on any atom is -0.476 e. The molecule has 0 aliphatic rings. The molecule has 0 radical (unpaired) electrons. The molecule has 0 saturated heterocycles. The fourth-order valence-corrected chi connectivity index (χ4v) is 1.72. The fourth-order valence-electron chi connectivity index (χ4n) is 1.72. The number of hydrogen-bond acceptors (Lipinski definition) is 5. The summed E-state index contributed by atoms with van der Waals surface area (Å²) in [5.41, 5.74) is 5.54. The van der Waals surface area contributed by atoms with E-state index in [2.05, 4.69) is 29.5 Å². The van der Waals surface area contributed by atoms with Gasteiger partial charge in [0, 0.05) is 13.1 Å². The van der Waals surface area contributed by atoms with Crippen molar-refractivity contribution in [2.45, 2.75) is 39.8 Å². The van der Waals surface area contributed by atoms with Crippen molar-refractivity contribution in [2.24, 2.45) is 11.7 Å². The van der Waals surface area contributed by atoms with Gasteiger partial charge in [-0.1, -0.05) is 19.1 Å². The van der Waals surface area contributed by atoms with Crippen molar-refractivity contribution in [2.75, 3.05) is 6.54 Å². The highest BCUT2D eigenvalue weighted by atomic mass is 16.4. The Kier molecular flexibility index (Phi) is 5.63. The van der Waals surface area contributed by atoms with Gasteiger partial charge in [-0.2, -0.15) is 0 Å². The summed E-state index contributed by atoms with van der Waals surface area (Å²) in [6, 6.07) is -0.652. The van der Waals surface area contributed by atoms with Gasteiger partial charge < -0.3 is 16.2 Å². The van der Waals surface area contributed by atoms with Crippen molar-refractivity contribution in [1.82, 2.24) is 20.3 Å². The number of nitrogens with two attached hydrogens (primary N) is 1. The van der Waals surface area contributed by atoms with Crippen molar-refractivity contribution >= 4 is 11.9 Å². The highest BCUT2D eigenvalue weighted by Crippen LogP contribution is 2.12. The first-order valence-corrected chi connectivity index (χ1v) is 6.53. The quantitative estimate of drug-likeness (QED) is 0.655. The molecular formula is C12H21N5O3. The Morgan fingerprint density at radius 1 is 1.40 bits per heavy atom. The predicted molar refractivity (Wildman–Crippen MR) is 72.0 cm³/mol. The van der Waals surface area contributed by atoms with Crippen LogP contribution >= 0.6 is 0 Å². The molecule has 0 aliphatic carbocycles. The number of hydrogen-bond donors (Lipinski definition) is 3. The molecule has 8 nitrogen and oxygen atoms in total. The summed E-state index contributed by atoms with van der Waals surface area (Å²) in [5, 5.41) is 19.0. The minimum absolute atomic E-state index is 0.0434. The lowest BCUT2D eigenvalue weighted by atomic mass is 10.1. The third-order valence-electron chi connectivity index (χ3n) is 2.95. The van der Waals surface area contributed by atoms with Crippen molar-refractivity contribution in [3.8, 4) is 0 Å². The van der Waals surface area contributed by atoms with Crippen LogP contribution in [0.3, 0.4) is 0 Å². The van der Waals surface area contributed by atoms with Gasteiger partial charge in [-0.25, -0.2) is 9.48 Å². The molecule has 0 fully saturated rings. The molecule has 0 aromatic carbocycles. The van der Waals surface area contributed by atoms with Crippen molar-refractivity contribution < 1.29 is 14.7 Å². The maximum absolute atomic E-state index is 12.0. The van der Waals surface area contributed by atoms with Crippen LogP contribution in [0.4, 0.5) is 0 Å². The molecule has 4 N–H and O–H groups in total. The first kappa shape index (κ1) is 16.1. The van der Waals surface area contributed by atoms with Crippen LogP contribution in [0.5, 0.6) is 0 Å². The van der Waals surface area contributed by atoms with Crippen molar-refractivity contribution in [3.05, 3.63) is 11.4 Å². The van der Waals surface area contributed by atoms with E-state index in [4.69, 9.17) is 10.8 Å². The molecule has 8 heteroatoms. The van der Waals surface area contributed by atoms with E-state index in [1.54, 1.807) is 6.92 Å². The summed E-state index contributed by atoms with van der Waals surface area (Å²) in [6.07, 6.45) is 0.875. The van der Waals surface area contributed by atoms with Crippen LogP contribution in [0, 0.1) is 5.92 Å². The molecule has 112 valence electrons. The second-order valence-corrected chi connectivity index (χ2v) is 4.99. The SMILES string of the molecule is CC(C)CCNC(=O)C(C)n1nnc(C(=O)O)c1CN. The summed E-state index contributed by atoms with van der Waals surface area (Å²) >= 11 is 0. The Bertz CT molecular complexity index is 483. The first-order chi connectivity index (χ1) is 9.38. The van der Waals surface area contributed by atoms with Gasteiger partial charge in [0.05, 0.1) is 5.69 Å². The van der Waals surface area contributed by atoms with Crippen LogP contribution in [0.25, 0.3) is 0 Å². The van der Waals surface area contributed by atoms with Gasteiger partial charge in [0.1, 0.15) is 6.04 Å². The molecule has 1 rings (SSSR count). The summed E-state index contributed by atoms with van der Waals surface area (Å²) in [6.45, 7) is 6.29. The number of carbonyl (C=O) groups is 2. The maximum Gasteiger partial charge on any atom is 0.358 e. The van der Waals surface area contributed by atoms with Gasteiger partial charge in [0.25, 0.3) is 0 Å². The molecule has 1 aromatic rings. The van der Waals surface area contributed by atoms with E-state index in [9.17, 15) is 9.59 Å². The number of nitrogens with one attached hydrogen (secondary N) is 1. The lowest BCUT2D eigenvalue weighted by molar-refractivity contribution is -0.124. The van der Waals surface area contributed by atoms with Crippen molar-refractivity contribution in [3.63, 3.8) is 0 Å². The Morgan fingerprint density at radius 3 is 2.55 bits per heavy atom. The highest BCUT2D eigenvalue weighted by Gasteiger charge is 2.24. The van der Waals surface area contributed by atoms with Gasteiger partial charge >= 0.3 is 5.97 Å². The number of aromatic nitrogens is 3. The Hall–Kier alpha value is -1.96. The normalized spacial score (nSPS) is 12.4. The average molecular weight is 283 g/mol. The Morgan fingerprint density at radius 2 is 2.05 bits per heavy atom. The van der Waals surface area contributed by atoms with Crippen LogP contribution in [-0.4, -0.2) is 38.5 Å². The summed E-state index contributed by atoms with van der Waals surface area (Å²) < 4.78 is 1.26. The molecule has 1 atom stereocenters. The Balaban J connectivity index is 2.78. The number of aromatic carboxylic acids is 1. The van der Waals surface area contributed by atoms with Crippen LogP contribution in [0.1, 0.15) is 49.4 Å². The second kappa shape index (κ2) is 6.99. The number of nitrogens with zero attached hydrogens (tertiary/aromatic N) is 3. The molecule has 20 heavy (non-hydrogen) atoms. The van der Waals surface area contributed by atoms with Gasteiger partial charge in [-0.3, -0.25) is 4.79 Å². The lowest BCUT2D eigenvalue weighted by Crippen LogP contribution is -2.33. The molecular weight excluding hydrogens is 262 g/mol. The molecule has 0 saturated carbocycles. The monoisotopic (exact) mass is 283 g/mol. The standard InChI is InChI=1S/C12H21N5O3/c1-7(2)4-5-14-11(18)8(3)17-9(6-13)10(12(19)20)15-16-17/h7-8H,4-6,13H2,1-3H3,(H,14,18)(H,19,20). The molecule has 1 amide bonds. The van der Waals surface area contributed by atoms with Crippen molar-refractivity contribution in [1.29, 1.82) is 0 Å². The zero-order valence-corrected chi connectivity index (χ0v) is 12.0. The number of carbonyl (C=O) groups excluding carboxylic acids is 1. The van der Waals surface area contributed by atoms with Crippen LogP contribution < -0.4 is 11.1 Å². The molecule has 0 spiro atoms. The van der Waals surface area contributed by atoms with E-state index in [0.29, 0.717) is 12.5 Å². The third kappa shape index (κ3) is 3.77. The predicted octanol–water partition coefficient (Wildman–Crippen LogP) is 0.158. The maximum atomic E-state index is 12.0. The van der Waals surface area contributed by atoms with Gasteiger partial charge in [-0.15, -0.1) is 5.10 Å². The van der Waals surface area contributed by atoms with Crippen LogP contribution in [0.2, 0.25) is 0 Å². The van der Waals surface area contributed by atoms with Crippen LogP contribution in [-0.2, 0) is 11.3 Å². The van der Waals surface area contributed by atoms with E-state index in [1.807, 2.05) is 0 Å². The van der Waals surface area contributed by atoms with E-state index in [0.717, 1.165) is 6.42 Å². The second-order valence-electron chi connectivity index (χ2n) is 4.99. The zero-order valence-electron chi connectivity index (χ0n) is 12.0. The highest BCUT2D eigenvalue weighted by molar-refractivity contribution is 5.87. The number of rotatable bonds is 7. The Labute approximate surface area is 117 Å². The first-order valence-electron chi connectivity index (χ1n) is 6.53. The molecule has 1 unspecified atom stereocenters. The van der Waals surface area contributed by atoms with Gasteiger partial charge in [0.2, 0.25) is 5.91 Å². The molecule has 0 aliphatic heterocycles. The number of amides is 1. The summed E-state index contributed by atoms with van der Waals surface area (Å²) in [5.74, 6) is -0.943. The van der Waals surface area contributed by atoms with Gasteiger partial charge in [0.15, 0.2) is 5.69 Å². The van der Waals surface area contributed by atoms with Gasteiger partial charge in [-0.05, 0) is 19.3 Å². The smallest absolute Gasteiger partial charge is 0.358 e. The topological polar surface area (TPSA) is 123 Å². The third-order valence-corrected chi connectivity index (χ3v) is 2.95. The van der Waals surface area contributed by atoms with E-state index < -0.39 is 12.0 Å². The average Bonchev–Trinajstić information content (AvgIpc) is 2.80. The largest absolute Gasteiger partial charge is 0.476 e. The number of carboxylic acid groups (broad SMARTS) is 1. The molecule has 0 bridgehead atoms. The fraction of sp³-hybridized carbons (Fsp3) is 0.667.